The zero-order valence-electron chi connectivity index (χ0n) is 8.08. The predicted octanol–water partition coefficient (Wildman–Crippen LogP) is 1.39. The Labute approximate surface area is 78.0 Å². The zero-order valence-corrected chi connectivity index (χ0v) is 8.08. The van der Waals surface area contributed by atoms with Gasteiger partial charge in [0.05, 0.1) is 18.5 Å². The second kappa shape index (κ2) is 4.99. The van der Waals surface area contributed by atoms with Gasteiger partial charge in [-0.15, -0.1) is 0 Å². The number of rotatable bonds is 5. The molecular weight excluding hydrogens is 168 g/mol. The molecule has 74 valence electrons. The molecule has 13 heavy (non-hydrogen) atoms. The van der Waals surface area contributed by atoms with Crippen LogP contribution in [0.5, 0.6) is 0 Å². The molecule has 1 aromatic heterocycles. The molecular formula is C9H16N2O2. The second-order valence-electron chi connectivity index (χ2n) is 2.80. The fourth-order valence-electron chi connectivity index (χ4n) is 1.21. The number of imidazole rings is 1. The largest absolute Gasteiger partial charge is 0.390 e. The Morgan fingerprint density at radius 3 is 2.85 bits per heavy atom. The third-order valence-electron chi connectivity index (χ3n) is 1.86. The summed E-state index contributed by atoms with van der Waals surface area (Å²) in [5, 5.41) is 8.82. The Bertz CT molecular complexity index is 248. The lowest BCUT2D eigenvalue weighted by Gasteiger charge is -2.11. The van der Waals surface area contributed by atoms with Crippen LogP contribution in [0.25, 0.3) is 0 Å². The van der Waals surface area contributed by atoms with Crippen LogP contribution in [0.1, 0.15) is 37.9 Å². The molecule has 2 N–H and O–H groups in total. The first kappa shape index (κ1) is 10.2. The summed E-state index contributed by atoms with van der Waals surface area (Å²) in [7, 11) is 0. The van der Waals surface area contributed by atoms with Crippen molar-refractivity contribution in [3.05, 3.63) is 17.7 Å². The summed E-state index contributed by atoms with van der Waals surface area (Å²) < 4.78 is 5.46. The van der Waals surface area contributed by atoms with Crippen molar-refractivity contribution in [2.75, 3.05) is 6.61 Å². The standard InChI is InChI=1S/C9H16N2O2/c1-3-8(13-4-2)9-10-5-7(6-12)11-9/h5,8,12H,3-4,6H2,1-2H3,(H,10,11). The lowest BCUT2D eigenvalue weighted by molar-refractivity contribution is 0.0539. The SMILES string of the molecule is CCOC(CC)c1ncc(CO)[nH]1. The minimum absolute atomic E-state index is 0.00441. The van der Waals surface area contributed by atoms with Gasteiger partial charge in [0.2, 0.25) is 0 Å². The van der Waals surface area contributed by atoms with E-state index in [2.05, 4.69) is 9.97 Å². The lowest BCUT2D eigenvalue weighted by Crippen LogP contribution is -2.04. The van der Waals surface area contributed by atoms with Crippen LogP contribution in [0.3, 0.4) is 0 Å². The van der Waals surface area contributed by atoms with Gasteiger partial charge in [-0.25, -0.2) is 4.98 Å². The van der Waals surface area contributed by atoms with Crippen LogP contribution in [-0.2, 0) is 11.3 Å². The average molecular weight is 184 g/mol. The van der Waals surface area contributed by atoms with Crippen LogP contribution >= 0.6 is 0 Å². The molecule has 4 nitrogen and oxygen atoms in total. The maximum atomic E-state index is 8.82. The topological polar surface area (TPSA) is 58.1 Å². The normalized spacial score (nSPS) is 13.2. The molecule has 0 aliphatic carbocycles. The molecule has 1 atom stereocenters. The summed E-state index contributed by atoms with van der Waals surface area (Å²) in [6.45, 7) is 4.67. The molecule has 0 fully saturated rings. The molecule has 1 rings (SSSR count). The molecule has 0 saturated heterocycles. The van der Waals surface area contributed by atoms with Crippen LogP contribution in [0.4, 0.5) is 0 Å². The molecule has 0 radical (unpaired) electrons. The maximum Gasteiger partial charge on any atom is 0.135 e. The molecule has 0 amide bonds. The van der Waals surface area contributed by atoms with E-state index in [1.165, 1.54) is 0 Å². The maximum absolute atomic E-state index is 8.82. The molecule has 4 heteroatoms. The van der Waals surface area contributed by atoms with Gasteiger partial charge in [0.15, 0.2) is 0 Å². The Morgan fingerprint density at radius 1 is 1.62 bits per heavy atom. The van der Waals surface area contributed by atoms with Gasteiger partial charge in [0.25, 0.3) is 0 Å². The van der Waals surface area contributed by atoms with Crippen molar-refractivity contribution < 1.29 is 9.84 Å². The Balaban J connectivity index is 2.67. The van der Waals surface area contributed by atoms with Gasteiger partial charge in [0.1, 0.15) is 11.9 Å². The number of ether oxygens (including phenoxy) is 1. The number of hydrogen-bond donors (Lipinski definition) is 2. The van der Waals surface area contributed by atoms with Crippen LogP contribution in [-0.4, -0.2) is 21.7 Å². The van der Waals surface area contributed by atoms with Gasteiger partial charge in [-0.3, -0.25) is 0 Å². The van der Waals surface area contributed by atoms with Gasteiger partial charge >= 0.3 is 0 Å². The number of aliphatic hydroxyl groups is 1. The number of nitrogens with zero attached hydrogens (tertiary/aromatic N) is 1. The molecule has 0 saturated carbocycles. The van der Waals surface area contributed by atoms with E-state index in [0.717, 1.165) is 17.9 Å². The Kier molecular flexibility index (Phi) is 3.92. The lowest BCUT2D eigenvalue weighted by atomic mass is 10.2. The van der Waals surface area contributed by atoms with E-state index in [1.807, 2.05) is 13.8 Å². The number of aromatic nitrogens is 2. The molecule has 0 aliphatic heterocycles. The van der Waals surface area contributed by atoms with Crippen molar-refractivity contribution in [3.63, 3.8) is 0 Å². The molecule has 1 unspecified atom stereocenters. The Hall–Kier alpha value is -0.870. The van der Waals surface area contributed by atoms with Crippen molar-refractivity contribution in [1.29, 1.82) is 0 Å². The third-order valence-corrected chi connectivity index (χ3v) is 1.86. The fraction of sp³-hybridized carbons (Fsp3) is 0.667. The van der Waals surface area contributed by atoms with E-state index in [-0.39, 0.29) is 12.7 Å². The van der Waals surface area contributed by atoms with E-state index in [9.17, 15) is 0 Å². The van der Waals surface area contributed by atoms with Crippen LogP contribution < -0.4 is 0 Å². The quantitative estimate of drug-likeness (QED) is 0.727. The highest BCUT2D eigenvalue weighted by Crippen LogP contribution is 2.17. The molecule has 0 aliphatic rings. The smallest absolute Gasteiger partial charge is 0.135 e. The van der Waals surface area contributed by atoms with Crippen molar-refractivity contribution in [3.8, 4) is 0 Å². The first-order chi connectivity index (χ1) is 6.31. The summed E-state index contributed by atoms with van der Waals surface area (Å²) in [4.78, 5) is 7.15. The highest BCUT2D eigenvalue weighted by molar-refractivity contribution is 5.02. The van der Waals surface area contributed by atoms with Gasteiger partial charge in [-0.1, -0.05) is 6.92 Å². The highest BCUT2D eigenvalue weighted by atomic mass is 16.5. The van der Waals surface area contributed by atoms with Crippen molar-refractivity contribution in [2.45, 2.75) is 33.0 Å². The summed E-state index contributed by atoms with van der Waals surface area (Å²) in [6, 6.07) is 0. The number of nitrogens with one attached hydrogen (secondary N) is 1. The number of aliphatic hydroxyl groups excluding tert-OH is 1. The molecule has 1 aromatic rings. The van der Waals surface area contributed by atoms with Crippen molar-refractivity contribution in [1.82, 2.24) is 9.97 Å². The highest BCUT2D eigenvalue weighted by Gasteiger charge is 2.12. The molecule has 0 bridgehead atoms. The van der Waals surface area contributed by atoms with Crippen LogP contribution in [0.2, 0.25) is 0 Å². The van der Waals surface area contributed by atoms with Gasteiger partial charge < -0.3 is 14.8 Å². The monoisotopic (exact) mass is 184 g/mol. The molecule has 0 spiro atoms. The first-order valence-corrected chi connectivity index (χ1v) is 4.58. The molecule has 0 aromatic carbocycles. The predicted molar refractivity (Wildman–Crippen MR) is 49.2 cm³/mol. The number of hydrogen-bond acceptors (Lipinski definition) is 3. The van der Waals surface area contributed by atoms with Crippen molar-refractivity contribution >= 4 is 0 Å². The summed E-state index contributed by atoms with van der Waals surface area (Å²) >= 11 is 0. The van der Waals surface area contributed by atoms with E-state index in [4.69, 9.17) is 9.84 Å². The van der Waals surface area contributed by atoms with Gasteiger partial charge in [-0.2, -0.15) is 0 Å². The van der Waals surface area contributed by atoms with Crippen LogP contribution in [0.15, 0.2) is 6.20 Å². The Morgan fingerprint density at radius 2 is 2.38 bits per heavy atom. The van der Waals surface area contributed by atoms with E-state index in [1.54, 1.807) is 6.20 Å². The fourth-order valence-corrected chi connectivity index (χ4v) is 1.21. The second-order valence-corrected chi connectivity index (χ2v) is 2.80. The van der Waals surface area contributed by atoms with Gasteiger partial charge in [-0.05, 0) is 13.3 Å². The number of aromatic amines is 1. The summed E-state index contributed by atoms with van der Waals surface area (Å²) in [5.41, 5.74) is 0.730. The van der Waals surface area contributed by atoms with Gasteiger partial charge in [0, 0.05) is 6.61 Å². The minimum Gasteiger partial charge on any atom is -0.390 e. The van der Waals surface area contributed by atoms with Crippen molar-refractivity contribution in [2.24, 2.45) is 0 Å². The zero-order chi connectivity index (χ0) is 9.68. The third kappa shape index (κ3) is 2.54. The summed E-state index contributed by atoms with van der Waals surface area (Å²) in [6.07, 6.45) is 2.54. The molecule has 1 heterocycles. The average Bonchev–Trinajstić information content (AvgIpc) is 2.62. The van der Waals surface area contributed by atoms with E-state index >= 15 is 0 Å². The summed E-state index contributed by atoms with van der Waals surface area (Å²) in [5.74, 6) is 0.799. The van der Waals surface area contributed by atoms with E-state index in [0.29, 0.717) is 6.61 Å². The number of H-pyrrole nitrogens is 1. The van der Waals surface area contributed by atoms with Crippen LogP contribution in [0, 0.1) is 0 Å². The first-order valence-electron chi connectivity index (χ1n) is 4.58. The van der Waals surface area contributed by atoms with E-state index < -0.39 is 0 Å². The minimum atomic E-state index is -0.00441.